The molecule has 0 aromatic heterocycles. The Bertz CT molecular complexity index is 539. The first-order valence-corrected chi connectivity index (χ1v) is 6.27. The molecule has 0 saturated carbocycles. The molecule has 0 bridgehead atoms. The Balaban J connectivity index is 2.87. The quantitative estimate of drug-likeness (QED) is 0.492. The van der Waals surface area contributed by atoms with Gasteiger partial charge in [0, 0.05) is 0 Å². The molecule has 0 saturated heterocycles. The third kappa shape index (κ3) is 5.56. The minimum atomic E-state index is -1.55. The lowest BCUT2D eigenvalue weighted by atomic mass is 10.2. The molecule has 21 heavy (non-hydrogen) atoms. The van der Waals surface area contributed by atoms with Crippen LogP contribution in [0.3, 0.4) is 0 Å². The fourth-order valence-corrected chi connectivity index (χ4v) is 1.38. The van der Waals surface area contributed by atoms with Gasteiger partial charge in [-0.05, 0) is 26.3 Å². The van der Waals surface area contributed by atoms with Crippen LogP contribution in [0.1, 0.15) is 26.3 Å². The van der Waals surface area contributed by atoms with E-state index in [0.29, 0.717) is 5.56 Å². The van der Waals surface area contributed by atoms with E-state index in [-0.39, 0.29) is 6.61 Å². The monoisotopic (exact) mass is 294 g/mol. The van der Waals surface area contributed by atoms with E-state index >= 15 is 0 Å². The molecule has 1 aromatic rings. The lowest BCUT2D eigenvalue weighted by Gasteiger charge is -2.19. The first-order valence-electron chi connectivity index (χ1n) is 6.27. The van der Waals surface area contributed by atoms with Gasteiger partial charge in [-0.3, -0.25) is 0 Å². The number of benzene rings is 1. The topological polar surface area (TPSA) is 93.1 Å². The molecule has 0 unspecified atom stereocenters. The summed E-state index contributed by atoms with van der Waals surface area (Å²) in [5.74, 6) is -4.59. The Hall–Kier alpha value is -2.50. The molecular weight excluding hydrogens is 276 g/mol. The Labute approximate surface area is 122 Å². The molecule has 0 amide bonds. The number of esters is 1. The number of hydrogen-bond acceptors (Lipinski definition) is 5. The predicted molar refractivity (Wildman–Crippen MR) is 74.4 cm³/mol. The number of carboxylic acids is 1. The number of hydrogen-bond donors (Lipinski definition) is 2. The minimum absolute atomic E-state index is 0.0880. The van der Waals surface area contributed by atoms with Gasteiger partial charge in [0.15, 0.2) is 0 Å². The lowest BCUT2D eigenvalue weighted by Crippen LogP contribution is -2.26. The van der Waals surface area contributed by atoms with Gasteiger partial charge in [-0.15, -0.1) is 0 Å². The Morgan fingerprint density at radius 3 is 2.14 bits per heavy atom. The van der Waals surface area contributed by atoms with Crippen molar-refractivity contribution in [2.45, 2.75) is 33.0 Å². The smallest absolute Gasteiger partial charge is 0.378 e. The third-order valence-electron chi connectivity index (χ3n) is 2.23. The molecule has 0 radical (unpaired) electrons. The van der Waals surface area contributed by atoms with E-state index < -0.39 is 29.1 Å². The van der Waals surface area contributed by atoms with Crippen molar-refractivity contribution in [1.82, 2.24) is 0 Å². The first-order chi connectivity index (χ1) is 9.70. The second-order valence-corrected chi connectivity index (χ2v) is 5.26. The van der Waals surface area contributed by atoms with Crippen LogP contribution < -0.4 is 0 Å². The SMILES string of the molecule is CC(C)(C)OC(=O)/C(O)=C(\OCc1ccccc1)C(=O)O. The second kappa shape index (κ2) is 6.78. The van der Waals surface area contributed by atoms with Gasteiger partial charge in [0.05, 0.1) is 0 Å². The predicted octanol–water partition coefficient (Wildman–Crippen LogP) is 2.40. The van der Waals surface area contributed by atoms with Crippen molar-refractivity contribution in [3.8, 4) is 0 Å². The molecular formula is C15H18O6. The molecule has 0 heterocycles. The van der Waals surface area contributed by atoms with Crippen LogP contribution in [-0.4, -0.2) is 27.8 Å². The van der Waals surface area contributed by atoms with Gasteiger partial charge < -0.3 is 19.7 Å². The van der Waals surface area contributed by atoms with Crippen molar-refractivity contribution >= 4 is 11.9 Å². The van der Waals surface area contributed by atoms with Crippen molar-refractivity contribution < 1.29 is 29.3 Å². The Kier molecular flexibility index (Phi) is 5.35. The van der Waals surface area contributed by atoms with Crippen molar-refractivity contribution in [3.63, 3.8) is 0 Å². The molecule has 6 heteroatoms. The lowest BCUT2D eigenvalue weighted by molar-refractivity contribution is -0.155. The summed E-state index contributed by atoms with van der Waals surface area (Å²) < 4.78 is 9.91. The number of carbonyl (C=O) groups excluding carboxylic acids is 1. The van der Waals surface area contributed by atoms with E-state index in [1.165, 1.54) is 0 Å². The van der Waals surface area contributed by atoms with Gasteiger partial charge >= 0.3 is 11.9 Å². The highest BCUT2D eigenvalue weighted by Gasteiger charge is 2.27. The van der Waals surface area contributed by atoms with E-state index in [0.717, 1.165) is 0 Å². The van der Waals surface area contributed by atoms with Crippen molar-refractivity contribution in [2.75, 3.05) is 0 Å². The van der Waals surface area contributed by atoms with E-state index in [4.69, 9.17) is 14.6 Å². The first kappa shape index (κ1) is 16.6. The number of aliphatic hydroxyl groups is 1. The maximum Gasteiger partial charge on any atom is 0.378 e. The standard InChI is InChI=1S/C15H18O6/c1-15(2,3)21-14(19)11(16)12(13(17)18)20-9-10-7-5-4-6-8-10/h4-8,16H,9H2,1-3H3,(H,17,18)/b12-11+. The molecule has 0 aliphatic rings. The zero-order valence-corrected chi connectivity index (χ0v) is 12.1. The summed E-state index contributed by atoms with van der Waals surface area (Å²) in [6.07, 6.45) is 0. The number of carboxylic acid groups (broad SMARTS) is 1. The minimum Gasteiger partial charge on any atom is -0.499 e. The maximum absolute atomic E-state index is 11.6. The molecule has 1 aromatic carbocycles. The van der Waals surface area contributed by atoms with Crippen LogP contribution in [0.5, 0.6) is 0 Å². The summed E-state index contributed by atoms with van der Waals surface area (Å²) in [5, 5.41) is 18.7. The summed E-state index contributed by atoms with van der Waals surface area (Å²) in [4.78, 5) is 22.7. The van der Waals surface area contributed by atoms with Crippen molar-refractivity contribution in [1.29, 1.82) is 0 Å². The van der Waals surface area contributed by atoms with Crippen molar-refractivity contribution in [3.05, 3.63) is 47.4 Å². The molecule has 0 fully saturated rings. The Morgan fingerprint density at radius 1 is 1.10 bits per heavy atom. The van der Waals surface area contributed by atoms with Gasteiger partial charge in [-0.25, -0.2) is 9.59 Å². The number of aliphatic carboxylic acids is 1. The van der Waals surface area contributed by atoms with Crippen LogP contribution in [0.2, 0.25) is 0 Å². The van der Waals surface area contributed by atoms with E-state index in [2.05, 4.69) is 0 Å². The zero-order valence-electron chi connectivity index (χ0n) is 12.1. The van der Waals surface area contributed by atoms with Crippen LogP contribution in [-0.2, 0) is 25.7 Å². The average Bonchev–Trinajstić information content (AvgIpc) is 2.37. The molecule has 2 N–H and O–H groups in total. The molecule has 0 spiro atoms. The second-order valence-electron chi connectivity index (χ2n) is 5.26. The zero-order chi connectivity index (χ0) is 16.0. The Morgan fingerprint density at radius 2 is 1.67 bits per heavy atom. The highest BCUT2D eigenvalue weighted by Crippen LogP contribution is 2.14. The maximum atomic E-state index is 11.6. The summed E-state index contributed by atoms with van der Waals surface area (Å²) in [6.45, 7) is 4.71. The van der Waals surface area contributed by atoms with Gasteiger partial charge in [0.2, 0.25) is 0 Å². The number of aliphatic hydroxyl groups excluding tert-OH is 1. The van der Waals surface area contributed by atoms with E-state index in [9.17, 15) is 14.7 Å². The van der Waals surface area contributed by atoms with E-state index in [1.807, 2.05) is 0 Å². The van der Waals surface area contributed by atoms with Crippen molar-refractivity contribution in [2.24, 2.45) is 0 Å². The average molecular weight is 294 g/mol. The molecule has 114 valence electrons. The van der Waals surface area contributed by atoms with E-state index in [1.54, 1.807) is 51.1 Å². The number of carbonyl (C=O) groups is 2. The van der Waals surface area contributed by atoms with Gasteiger partial charge in [0.25, 0.3) is 11.5 Å². The van der Waals surface area contributed by atoms with Crippen LogP contribution >= 0.6 is 0 Å². The van der Waals surface area contributed by atoms with Gasteiger partial charge in [0.1, 0.15) is 12.2 Å². The number of rotatable bonds is 5. The molecule has 6 nitrogen and oxygen atoms in total. The largest absolute Gasteiger partial charge is 0.499 e. The van der Waals surface area contributed by atoms with Crippen LogP contribution in [0, 0.1) is 0 Å². The normalized spacial score (nSPS) is 12.3. The molecule has 0 aliphatic heterocycles. The molecule has 1 rings (SSSR count). The van der Waals surface area contributed by atoms with Gasteiger partial charge in [-0.1, -0.05) is 30.3 Å². The van der Waals surface area contributed by atoms with Crippen LogP contribution in [0.25, 0.3) is 0 Å². The summed E-state index contributed by atoms with van der Waals surface area (Å²) in [5.41, 5.74) is -0.151. The highest BCUT2D eigenvalue weighted by molar-refractivity contribution is 5.96. The van der Waals surface area contributed by atoms with Gasteiger partial charge in [-0.2, -0.15) is 0 Å². The summed E-state index contributed by atoms with van der Waals surface area (Å²) >= 11 is 0. The third-order valence-corrected chi connectivity index (χ3v) is 2.23. The molecule has 0 aliphatic carbocycles. The summed E-state index contributed by atoms with van der Waals surface area (Å²) in [7, 11) is 0. The molecule has 0 atom stereocenters. The number of ether oxygens (including phenoxy) is 2. The van der Waals surface area contributed by atoms with Crippen LogP contribution in [0.4, 0.5) is 0 Å². The fourth-order valence-electron chi connectivity index (χ4n) is 1.38. The fraction of sp³-hybridized carbons (Fsp3) is 0.333. The summed E-state index contributed by atoms with van der Waals surface area (Å²) in [6, 6.07) is 8.77. The highest BCUT2D eigenvalue weighted by atomic mass is 16.6. The van der Waals surface area contributed by atoms with Crippen LogP contribution in [0.15, 0.2) is 41.9 Å².